The van der Waals surface area contributed by atoms with Crippen molar-refractivity contribution in [3.05, 3.63) is 46.6 Å². The smallest absolute Gasteiger partial charge is 0.323 e. The van der Waals surface area contributed by atoms with E-state index in [0.29, 0.717) is 23.6 Å². The lowest BCUT2D eigenvalue weighted by atomic mass is 9.92. The van der Waals surface area contributed by atoms with E-state index in [2.05, 4.69) is 10.6 Å². The highest BCUT2D eigenvalue weighted by Gasteiger charge is 2.45. The molecule has 1 aromatic heterocycles. The fourth-order valence-electron chi connectivity index (χ4n) is 4.39. The maximum atomic E-state index is 13.6. The number of carbonyl (C=O) groups is 2. The first-order valence-electron chi connectivity index (χ1n) is 11.3. The van der Waals surface area contributed by atoms with Crippen molar-refractivity contribution in [2.75, 3.05) is 18.4 Å². The molecule has 2 heterocycles. The van der Waals surface area contributed by atoms with Gasteiger partial charge in [-0.1, -0.05) is 17.7 Å². The SMILES string of the molecule is NC1CCC(NC(=O)C2N(C(=O)Nc3cccc(F)c3)CCCN2S(=O)(=O)c2ccc(Cl)s2)CC1. The van der Waals surface area contributed by atoms with Gasteiger partial charge in [0.1, 0.15) is 10.0 Å². The van der Waals surface area contributed by atoms with Crippen molar-refractivity contribution in [2.45, 2.75) is 54.6 Å². The highest BCUT2D eigenvalue weighted by molar-refractivity contribution is 7.91. The number of sulfonamides is 1. The summed E-state index contributed by atoms with van der Waals surface area (Å²) in [6, 6.07) is 7.39. The Kier molecular flexibility index (Phi) is 7.96. The number of halogens is 2. The third kappa shape index (κ3) is 5.95. The summed E-state index contributed by atoms with van der Waals surface area (Å²) in [5.41, 5.74) is 6.16. The maximum absolute atomic E-state index is 13.6. The number of rotatable bonds is 5. The molecule has 1 aliphatic carbocycles. The van der Waals surface area contributed by atoms with E-state index in [1.54, 1.807) is 0 Å². The van der Waals surface area contributed by atoms with Gasteiger partial charge in [0.15, 0.2) is 6.17 Å². The zero-order chi connectivity index (χ0) is 25.2. The van der Waals surface area contributed by atoms with Crippen molar-refractivity contribution in [1.82, 2.24) is 14.5 Å². The molecule has 4 rings (SSSR count). The molecule has 13 heteroatoms. The third-order valence-electron chi connectivity index (χ3n) is 6.15. The van der Waals surface area contributed by atoms with E-state index in [0.717, 1.165) is 34.6 Å². The van der Waals surface area contributed by atoms with Crippen LogP contribution >= 0.6 is 22.9 Å². The lowest BCUT2D eigenvalue weighted by Crippen LogP contribution is -2.64. The van der Waals surface area contributed by atoms with Gasteiger partial charge in [0.25, 0.3) is 15.9 Å². The molecule has 3 amide bonds. The Bertz CT molecular complexity index is 1190. The minimum atomic E-state index is -4.13. The Hall–Kier alpha value is -2.25. The number of anilines is 1. The maximum Gasteiger partial charge on any atom is 0.323 e. The minimum absolute atomic E-state index is 0.0173. The fourth-order valence-corrected chi connectivity index (χ4v) is 7.59. The molecular formula is C22H27ClFN5O4S2. The summed E-state index contributed by atoms with van der Waals surface area (Å²) in [6.45, 7) is 0.196. The average Bonchev–Trinajstić information content (AvgIpc) is 3.27. The van der Waals surface area contributed by atoms with Crippen LogP contribution in [0.15, 0.2) is 40.6 Å². The highest BCUT2D eigenvalue weighted by atomic mass is 35.5. The topological polar surface area (TPSA) is 125 Å². The molecule has 1 atom stereocenters. The molecule has 1 saturated heterocycles. The first kappa shape index (κ1) is 25.8. The van der Waals surface area contributed by atoms with E-state index in [1.165, 1.54) is 35.2 Å². The second-order valence-electron chi connectivity index (χ2n) is 8.66. The minimum Gasteiger partial charge on any atom is -0.350 e. The zero-order valence-electron chi connectivity index (χ0n) is 18.8. The third-order valence-corrected chi connectivity index (χ3v) is 9.70. The summed E-state index contributed by atoms with van der Waals surface area (Å²) in [5.74, 6) is -1.13. The molecule has 2 fully saturated rings. The van der Waals surface area contributed by atoms with Gasteiger partial charge in [-0.2, -0.15) is 4.31 Å². The molecule has 1 unspecified atom stereocenters. The van der Waals surface area contributed by atoms with Crippen LogP contribution in [0.4, 0.5) is 14.9 Å². The molecule has 2 aliphatic rings. The van der Waals surface area contributed by atoms with Gasteiger partial charge < -0.3 is 16.4 Å². The quantitative estimate of drug-likeness (QED) is 0.534. The van der Waals surface area contributed by atoms with Crippen molar-refractivity contribution in [3.8, 4) is 0 Å². The number of urea groups is 1. The summed E-state index contributed by atoms with van der Waals surface area (Å²) in [5, 5.41) is 5.49. The van der Waals surface area contributed by atoms with E-state index in [9.17, 15) is 22.4 Å². The van der Waals surface area contributed by atoms with Crippen LogP contribution in [0.1, 0.15) is 32.1 Å². The largest absolute Gasteiger partial charge is 0.350 e. The van der Waals surface area contributed by atoms with Crippen LogP contribution in [0, 0.1) is 5.82 Å². The number of carbonyl (C=O) groups excluding carboxylic acids is 2. The van der Waals surface area contributed by atoms with E-state index < -0.39 is 33.9 Å². The molecule has 2 aromatic rings. The van der Waals surface area contributed by atoms with Crippen molar-refractivity contribution in [1.29, 1.82) is 0 Å². The van der Waals surface area contributed by atoms with Gasteiger partial charge >= 0.3 is 6.03 Å². The standard InChI is InChI=1S/C22H27ClFN5O4S2/c23-18-9-10-19(34-18)35(32,33)29-12-2-11-28(22(31)27-17-4-1-3-14(24)13-17)21(29)20(30)26-16-7-5-15(25)6-8-16/h1,3-4,9-10,13,15-16,21H,2,5-8,11-12,25H2,(H,26,30)(H,27,31). The number of nitrogens with two attached hydrogens (primary N) is 1. The van der Waals surface area contributed by atoms with Crippen LogP contribution in [-0.4, -0.2) is 60.9 Å². The fraction of sp³-hybridized carbons (Fsp3) is 0.455. The first-order chi connectivity index (χ1) is 16.6. The normalized spacial score (nSPS) is 23.6. The number of hydrogen-bond donors (Lipinski definition) is 3. The second kappa shape index (κ2) is 10.8. The molecule has 1 saturated carbocycles. The summed E-state index contributed by atoms with van der Waals surface area (Å²) in [6.07, 6.45) is 1.73. The van der Waals surface area contributed by atoms with E-state index >= 15 is 0 Å². The molecule has 0 radical (unpaired) electrons. The van der Waals surface area contributed by atoms with Crippen molar-refractivity contribution in [2.24, 2.45) is 5.73 Å². The van der Waals surface area contributed by atoms with Gasteiger partial charge in [0.2, 0.25) is 0 Å². The molecule has 1 aliphatic heterocycles. The van der Waals surface area contributed by atoms with E-state index in [-0.39, 0.29) is 35.1 Å². The van der Waals surface area contributed by atoms with Crippen molar-refractivity contribution < 1.29 is 22.4 Å². The lowest BCUT2D eigenvalue weighted by molar-refractivity contribution is -0.131. The number of amides is 3. The Morgan fingerprint density at radius 2 is 1.86 bits per heavy atom. The predicted molar refractivity (Wildman–Crippen MR) is 132 cm³/mol. The molecule has 1 aromatic carbocycles. The van der Waals surface area contributed by atoms with Crippen molar-refractivity contribution in [3.63, 3.8) is 0 Å². The summed E-state index contributed by atoms with van der Waals surface area (Å²) in [7, 11) is -4.13. The van der Waals surface area contributed by atoms with E-state index in [1.807, 2.05) is 0 Å². The lowest BCUT2D eigenvalue weighted by Gasteiger charge is -2.42. The summed E-state index contributed by atoms with van der Waals surface area (Å²) < 4.78 is 41.9. The highest BCUT2D eigenvalue weighted by Crippen LogP contribution is 2.32. The number of benzene rings is 1. The van der Waals surface area contributed by atoms with Crippen LogP contribution in [0.2, 0.25) is 4.34 Å². The van der Waals surface area contributed by atoms with Gasteiger partial charge in [0.05, 0.1) is 4.34 Å². The van der Waals surface area contributed by atoms with E-state index in [4.69, 9.17) is 17.3 Å². The number of hydrogen-bond acceptors (Lipinski definition) is 6. The summed E-state index contributed by atoms with van der Waals surface area (Å²) in [4.78, 5) is 27.9. The Labute approximate surface area is 212 Å². The van der Waals surface area contributed by atoms with Crippen molar-refractivity contribution >= 4 is 50.6 Å². The Morgan fingerprint density at radius 3 is 2.51 bits per heavy atom. The Morgan fingerprint density at radius 1 is 1.11 bits per heavy atom. The molecule has 9 nitrogen and oxygen atoms in total. The Balaban J connectivity index is 1.63. The van der Waals surface area contributed by atoms with Crippen LogP contribution in [0.5, 0.6) is 0 Å². The zero-order valence-corrected chi connectivity index (χ0v) is 21.2. The molecular weight excluding hydrogens is 517 g/mol. The molecule has 35 heavy (non-hydrogen) atoms. The molecule has 0 bridgehead atoms. The van der Waals surface area contributed by atoms with Crippen LogP contribution in [0.25, 0.3) is 0 Å². The van der Waals surface area contributed by atoms with Gasteiger partial charge in [-0.3, -0.25) is 9.69 Å². The number of nitrogens with zero attached hydrogens (tertiary/aromatic N) is 2. The van der Waals surface area contributed by atoms with Crippen LogP contribution in [-0.2, 0) is 14.8 Å². The molecule has 0 spiro atoms. The number of thiophene rings is 1. The van der Waals surface area contributed by atoms with Gasteiger partial charge in [0, 0.05) is 30.9 Å². The van der Waals surface area contributed by atoms with Gasteiger partial charge in [-0.15, -0.1) is 11.3 Å². The molecule has 190 valence electrons. The second-order valence-corrected chi connectivity index (χ2v) is 12.5. The molecule has 4 N–H and O–H groups in total. The number of nitrogens with one attached hydrogen (secondary N) is 2. The predicted octanol–water partition coefficient (Wildman–Crippen LogP) is 3.18. The van der Waals surface area contributed by atoms with Gasteiger partial charge in [-0.25, -0.2) is 17.6 Å². The first-order valence-corrected chi connectivity index (χ1v) is 13.9. The summed E-state index contributed by atoms with van der Waals surface area (Å²) >= 11 is 6.85. The van der Waals surface area contributed by atoms with Crippen LogP contribution < -0.4 is 16.4 Å². The monoisotopic (exact) mass is 543 g/mol. The van der Waals surface area contributed by atoms with Crippen LogP contribution in [0.3, 0.4) is 0 Å². The van der Waals surface area contributed by atoms with Gasteiger partial charge in [-0.05, 0) is 62.4 Å². The average molecular weight is 544 g/mol.